The number of hydrogen-bond acceptors (Lipinski definition) is 5. The summed E-state index contributed by atoms with van der Waals surface area (Å²) >= 11 is 0. The number of nitrogens with zero attached hydrogens (tertiary/aromatic N) is 2. The maximum Gasteiger partial charge on any atom is 0.325 e. The van der Waals surface area contributed by atoms with Gasteiger partial charge in [-0.1, -0.05) is 13.0 Å². The molecule has 29 heavy (non-hydrogen) atoms. The van der Waals surface area contributed by atoms with E-state index < -0.39 is 11.6 Å². The number of piperidine rings is 1. The smallest absolute Gasteiger partial charge is 0.325 e. The summed E-state index contributed by atoms with van der Waals surface area (Å²) in [6.45, 7) is 4.41. The summed E-state index contributed by atoms with van der Waals surface area (Å²) in [5.41, 5.74) is -0.252. The van der Waals surface area contributed by atoms with Crippen LogP contribution in [0.3, 0.4) is 0 Å². The van der Waals surface area contributed by atoms with E-state index in [1.54, 1.807) is 13.0 Å². The largest absolute Gasteiger partial charge is 0.454 e. The molecule has 1 aromatic rings. The summed E-state index contributed by atoms with van der Waals surface area (Å²) < 4.78 is 10.7. The van der Waals surface area contributed by atoms with Crippen molar-refractivity contribution >= 4 is 17.8 Å². The molecule has 0 aliphatic carbocycles. The quantitative estimate of drug-likeness (QED) is 0.763. The molecule has 1 N–H and O–H groups in total. The van der Waals surface area contributed by atoms with Crippen LogP contribution in [0.4, 0.5) is 4.79 Å². The van der Waals surface area contributed by atoms with E-state index in [4.69, 9.17) is 9.47 Å². The second-order valence-electron chi connectivity index (χ2n) is 8.16. The topological polar surface area (TPSA) is 88.2 Å². The molecule has 0 saturated carbocycles. The number of ether oxygens (including phenoxy) is 2. The van der Waals surface area contributed by atoms with Crippen LogP contribution in [0.15, 0.2) is 18.2 Å². The zero-order valence-corrected chi connectivity index (χ0v) is 16.9. The number of hydrogen-bond donors (Lipinski definition) is 1. The zero-order chi connectivity index (χ0) is 20.6. The molecule has 0 spiro atoms. The van der Waals surface area contributed by atoms with Gasteiger partial charge in [0.2, 0.25) is 12.7 Å². The fraction of sp³-hybridized carbons (Fsp3) is 0.571. The standard InChI is InChI=1S/C21H27N3O5/c1-3-15-6-4-5-9-23(15)18(25)12-24-19(26)21(2,22-20(24)27)11-14-7-8-16-17(10-14)29-13-28-16/h7-8,10,15H,3-6,9,11-13H2,1-2H3,(H,22,27)/t15-,21+/m1/s1. The van der Waals surface area contributed by atoms with E-state index in [0.717, 1.165) is 36.1 Å². The van der Waals surface area contributed by atoms with Gasteiger partial charge < -0.3 is 19.7 Å². The maximum atomic E-state index is 13.1. The van der Waals surface area contributed by atoms with Crippen LogP contribution >= 0.6 is 0 Å². The Hall–Kier alpha value is -2.77. The van der Waals surface area contributed by atoms with Crippen molar-refractivity contribution in [2.45, 2.75) is 57.5 Å². The van der Waals surface area contributed by atoms with E-state index in [1.165, 1.54) is 0 Å². The SMILES string of the molecule is CC[C@@H]1CCCCN1C(=O)CN1C(=O)N[C@@](C)(Cc2ccc3c(c2)OCO3)C1=O. The normalized spacial score (nSPS) is 26.1. The highest BCUT2D eigenvalue weighted by Gasteiger charge is 2.48. The molecule has 0 aromatic heterocycles. The predicted molar refractivity (Wildman–Crippen MR) is 105 cm³/mol. The van der Waals surface area contributed by atoms with Crippen molar-refractivity contribution in [3.05, 3.63) is 23.8 Å². The van der Waals surface area contributed by atoms with Crippen LogP contribution in [0.1, 0.15) is 45.1 Å². The van der Waals surface area contributed by atoms with Gasteiger partial charge in [0.15, 0.2) is 11.5 Å². The van der Waals surface area contributed by atoms with Crippen molar-refractivity contribution in [1.82, 2.24) is 15.1 Å². The van der Waals surface area contributed by atoms with Gasteiger partial charge >= 0.3 is 6.03 Å². The Morgan fingerprint density at radius 3 is 2.83 bits per heavy atom. The number of benzene rings is 1. The van der Waals surface area contributed by atoms with Gasteiger partial charge in [-0.3, -0.25) is 14.5 Å². The molecular formula is C21H27N3O5. The number of nitrogens with one attached hydrogen (secondary N) is 1. The van der Waals surface area contributed by atoms with E-state index in [0.29, 0.717) is 24.5 Å². The number of carbonyl (C=O) groups excluding carboxylic acids is 3. The molecule has 2 saturated heterocycles. The van der Waals surface area contributed by atoms with Crippen LogP contribution in [-0.4, -0.2) is 59.1 Å². The number of urea groups is 1. The summed E-state index contributed by atoms with van der Waals surface area (Å²) in [4.78, 5) is 41.3. The number of likely N-dealkylation sites (tertiary alicyclic amines) is 1. The van der Waals surface area contributed by atoms with Crippen LogP contribution in [0.2, 0.25) is 0 Å². The van der Waals surface area contributed by atoms with Gasteiger partial charge in [0.05, 0.1) is 0 Å². The molecule has 2 fully saturated rings. The van der Waals surface area contributed by atoms with Gasteiger partial charge in [-0.2, -0.15) is 0 Å². The first-order chi connectivity index (χ1) is 13.9. The number of carbonyl (C=O) groups is 3. The van der Waals surface area contributed by atoms with Gasteiger partial charge in [0.1, 0.15) is 12.1 Å². The van der Waals surface area contributed by atoms with Crippen molar-refractivity contribution < 1.29 is 23.9 Å². The van der Waals surface area contributed by atoms with Crippen LogP contribution in [0, 0.1) is 0 Å². The van der Waals surface area contributed by atoms with Crippen LogP contribution in [-0.2, 0) is 16.0 Å². The van der Waals surface area contributed by atoms with Gasteiger partial charge in [0.25, 0.3) is 5.91 Å². The van der Waals surface area contributed by atoms with E-state index >= 15 is 0 Å². The lowest BCUT2D eigenvalue weighted by Crippen LogP contribution is -2.50. The molecular weight excluding hydrogens is 374 g/mol. The van der Waals surface area contributed by atoms with Gasteiger partial charge in [-0.05, 0) is 50.3 Å². The molecule has 0 unspecified atom stereocenters. The minimum atomic E-state index is -1.10. The summed E-state index contributed by atoms with van der Waals surface area (Å²) in [5, 5.41) is 2.77. The first-order valence-electron chi connectivity index (χ1n) is 10.2. The highest BCUT2D eigenvalue weighted by atomic mass is 16.7. The molecule has 4 rings (SSSR count). The van der Waals surface area contributed by atoms with Crippen molar-refractivity contribution in [3.8, 4) is 11.5 Å². The molecule has 8 nitrogen and oxygen atoms in total. The second-order valence-corrected chi connectivity index (χ2v) is 8.16. The van der Waals surface area contributed by atoms with Gasteiger partial charge in [-0.25, -0.2) is 4.79 Å². The van der Waals surface area contributed by atoms with Crippen molar-refractivity contribution in [1.29, 1.82) is 0 Å². The summed E-state index contributed by atoms with van der Waals surface area (Å²) in [6.07, 6.45) is 4.24. The third-order valence-electron chi connectivity index (χ3n) is 6.05. The minimum Gasteiger partial charge on any atom is -0.454 e. The van der Waals surface area contributed by atoms with Crippen molar-refractivity contribution in [2.24, 2.45) is 0 Å². The zero-order valence-electron chi connectivity index (χ0n) is 16.9. The molecule has 1 aromatic carbocycles. The lowest BCUT2D eigenvalue weighted by Gasteiger charge is -2.36. The van der Waals surface area contributed by atoms with Crippen LogP contribution in [0.25, 0.3) is 0 Å². The first kappa shape index (κ1) is 19.5. The number of fused-ring (bicyclic) bond motifs is 1. The number of rotatable bonds is 5. The molecule has 2 atom stereocenters. The molecule has 8 heteroatoms. The Kier molecular flexibility index (Phi) is 5.10. The first-order valence-corrected chi connectivity index (χ1v) is 10.2. The molecule has 3 heterocycles. The van der Waals surface area contributed by atoms with Crippen molar-refractivity contribution in [2.75, 3.05) is 19.9 Å². The monoisotopic (exact) mass is 401 g/mol. The Morgan fingerprint density at radius 2 is 2.03 bits per heavy atom. The van der Waals surface area contributed by atoms with E-state index in [-0.39, 0.29) is 31.2 Å². The van der Waals surface area contributed by atoms with Crippen LogP contribution < -0.4 is 14.8 Å². The fourth-order valence-corrected chi connectivity index (χ4v) is 4.45. The fourth-order valence-electron chi connectivity index (χ4n) is 4.45. The minimum absolute atomic E-state index is 0.160. The lowest BCUT2D eigenvalue weighted by atomic mass is 9.92. The summed E-state index contributed by atoms with van der Waals surface area (Å²) in [5.74, 6) is 0.761. The number of amides is 4. The third-order valence-corrected chi connectivity index (χ3v) is 6.05. The maximum absolute atomic E-state index is 13.1. The highest BCUT2D eigenvalue weighted by Crippen LogP contribution is 2.34. The lowest BCUT2D eigenvalue weighted by molar-refractivity contribution is -0.141. The van der Waals surface area contributed by atoms with E-state index in [2.05, 4.69) is 12.2 Å². The third kappa shape index (κ3) is 3.63. The van der Waals surface area contributed by atoms with Gasteiger partial charge in [-0.15, -0.1) is 0 Å². The molecule has 3 aliphatic heterocycles. The second kappa shape index (κ2) is 7.57. The van der Waals surface area contributed by atoms with E-state index in [9.17, 15) is 14.4 Å². The molecule has 4 amide bonds. The predicted octanol–water partition coefficient (Wildman–Crippen LogP) is 2.06. The Bertz CT molecular complexity index is 842. The summed E-state index contributed by atoms with van der Waals surface area (Å²) in [6, 6.07) is 5.14. The van der Waals surface area contributed by atoms with Gasteiger partial charge in [0, 0.05) is 19.0 Å². The molecule has 156 valence electrons. The van der Waals surface area contributed by atoms with Crippen molar-refractivity contribution in [3.63, 3.8) is 0 Å². The number of imide groups is 1. The van der Waals surface area contributed by atoms with Crippen LogP contribution in [0.5, 0.6) is 11.5 Å². The Labute approximate surface area is 170 Å². The van der Waals surface area contributed by atoms with E-state index in [1.807, 2.05) is 17.0 Å². The molecule has 0 bridgehead atoms. The highest BCUT2D eigenvalue weighted by molar-refractivity contribution is 6.09. The average Bonchev–Trinajstić information content (AvgIpc) is 3.25. The molecule has 3 aliphatic rings. The Balaban J connectivity index is 1.45. The average molecular weight is 401 g/mol. The molecule has 0 radical (unpaired) electrons. The Morgan fingerprint density at radius 1 is 1.24 bits per heavy atom. The summed E-state index contributed by atoms with van der Waals surface area (Å²) in [7, 11) is 0.